The van der Waals surface area contributed by atoms with Crippen LogP contribution in [0.1, 0.15) is 98.3 Å². The summed E-state index contributed by atoms with van der Waals surface area (Å²) in [4.78, 5) is 23.3. The van der Waals surface area contributed by atoms with Crippen molar-refractivity contribution in [1.29, 1.82) is 0 Å². The van der Waals surface area contributed by atoms with Crippen molar-refractivity contribution in [2.75, 3.05) is 74.5 Å². The molecule has 0 bridgehead atoms. The Balaban J connectivity index is 1.66. The van der Waals surface area contributed by atoms with Crippen LogP contribution in [0.15, 0.2) is 0 Å². The average molecular weight is 726 g/mol. The Morgan fingerprint density at radius 2 is 1.33 bits per heavy atom. The van der Waals surface area contributed by atoms with Crippen molar-refractivity contribution in [1.82, 2.24) is 4.90 Å². The first kappa shape index (κ1) is 44.1. The highest BCUT2D eigenvalue weighted by molar-refractivity contribution is 6.60. The topological polar surface area (TPSA) is 138 Å². The second-order valence-corrected chi connectivity index (χ2v) is 19.5. The molecule has 0 amide bonds. The third-order valence-corrected chi connectivity index (χ3v) is 15.1. The lowest BCUT2D eigenvalue weighted by atomic mass is 9.60. The van der Waals surface area contributed by atoms with Gasteiger partial charge < -0.3 is 56.2 Å². The fourth-order valence-electron chi connectivity index (χ4n) is 7.42. The molecule has 2 saturated carbocycles. The van der Waals surface area contributed by atoms with Gasteiger partial charge in [-0.15, -0.1) is 0 Å². The summed E-state index contributed by atoms with van der Waals surface area (Å²) in [5, 5.41) is 10.6. The molecule has 2 atom stereocenters. The first-order valence-electron chi connectivity index (χ1n) is 18.4. The maximum absolute atomic E-state index is 10.7. The molecule has 286 valence electrons. The summed E-state index contributed by atoms with van der Waals surface area (Å²) >= 11 is 0. The van der Waals surface area contributed by atoms with Crippen LogP contribution >= 0.6 is 0 Å². The minimum Gasteiger partial charge on any atom is -0.390 e. The second-order valence-electron chi connectivity index (χ2n) is 14.2. The van der Waals surface area contributed by atoms with Crippen LogP contribution in [0.5, 0.6) is 0 Å². The van der Waals surface area contributed by atoms with Crippen molar-refractivity contribution >= 4 is 17.6 Å². The highest BCUT2D eigenvalue weighted by Gasteiger charge is 2.49. The molecule has 2 aliphatic carbocycles. The van der Waals surface area contributed by atoms with Gasteiger partial charge in [-0.25, -0.2) is 0 Å². The van der Waals surface area contributed by atoms with E-state index in [0.717, 1.165) is 70.9 Å². The molecule has 48 heavy (non-hydrogen) atoms. The Morgan fingerprint density at radius 3 is 1.85 bits per heavy atom. The SMILES string of the molecule is CCCCN(CCC[Si](O)(OC)OC)CC(O)COCCOC1CCC(C(C)(C)C2CCC(OC(OCC)[Si](O)(OC)OC)CC2)CC1. The van der Waals surface area contributed by atoms with Crippen LogP contribution in [0.3, 0.4) is 0 Å². The van der Waals surface area contributed by atoms with Gasteiger partial charge in [0.25, 0.3) is 0 Å². The summed E-state index contributed by atoms with van der Waals surface area (Å²) in [5.74, 6) is 0.435. The third-order valence-electron chi connectivity index (χ3n) is 10.8. The quantitative estimate of drug-likeness (QED) is 0.0663. The van der Waals surface area contributed by atoms with E-state index in [0.29, 0.717) is 44.2 Å². The third kappa shape index (κ3) is 14.5. The number of aliphatic hydroxyl groups is 1. The number of aliphatic hydroxyl groups excluding tert-OH is 1. The summed E-state index contributed by atoms with van der Waals surface area (Å²) in [6.07, 6.45) is 11.1. The molecule has 2 aliphatic rings. The summed E-state index contributed by atoms with van der Waals surface area (Å²) < 4.78 is 44.8. The van der Waals surface area contributed by atoms with E-state index in [1.807, 2.05) is 6.92 Å². The summed E-state index contributed by atoms with van der Waals surface area (Å²) in [5.41, 5.74) is 0.241. The van der Waals surface area contributed by atoms with Gasteiger partial charge in [-0.2, -0.15) is 0 Å². The van der Waals surface area contributed by atoms with Crippen molar-refractivity contribution in [3.63, 3.8) is 0 Å². The predicted molar refractivity (Wildman–Crippen MR) is 189 cm³/mol. The van der Waals surface area contributed by atoms with Crippen LogP contribution in [0, 0.1) is 17.3 Å². The van der Waals surface area contributed by atoms with E-state index >= 15 is 0 Å². The summed E-state index contributed by atoms with van der Waals surface area (Å²) in [7, 11) is -0.759. The van der Waals surface area contributed by atoms with Crippen LogP contribution in [0.25, 0.3) is 0 Å². The summed E-state index contributed by atoms with van der Waals surface area (Å²) in [6, 6.07) is 0.497. The number of unbranched alkanes of at least 4 members (excludes halogenated alkanes) is 1. The monoisotopic (exact) mass is 725 g/mol. The van der Waals surface area contributed by atoms with Gasteiger partial charge in [0.1, 0.15) is 0 Å². The number of rotatable bonds is 26. The minimum absolute atomic E-state index is 0.0248. The molecule has 14 heteroatoms. The molecule has 0 aromatic rings. The van der Waals surface area contributed by atoms with E-state index in [4.69, 9.17) is 36.7 Å². The molecule has 3 N–H and O–H groups in total. The van der Waals surface area contributed by atoms with Crippen molar-refractivity contribution in [2.45, 2.75) is 129 Å². The van der Waals surface area contributed by atoms with E-state index in [1.54, 1.807) is 0 Å². The minimum atomic E-state index is -3.55. The van der Waals surface area contributed by atoms with Gasteiger partial charge in [0.2, 0.25) is 5.91 Å². The molecule has 2 rings (SSSR count). The first-order chi connectivity index (χ1) is 22.9. The summed E-state index contributed by atoms with van der Waals surface area (Å²) in [6.45, 7) is 12.8. The Labute approximate surface area is 293 Å². The molecular weight excluding hydrogens is 655 g/mol. The van der Waals surface area contributed by atoms with Crippen molar-refractivity contribution in [3.05, 3.63) is 0 Å². The van der Waals surface area contributed by atoms with Crippen molar-refractivity contribution < 1.29 is 51.3 Å². The number of ether oxygens (including phenoxy) is 4. The molecule has 0 radical (unpaired) electrons. The smallest absolute Gasteiger partial charge is 0.390 e. The molecule has 0 heterocycles. The van der Waals surface area contributed by atoms with Crippen LogP contribution in [-0.2, 0) is 36.7 Å². The van der Waals surface area contributed by atoms with E-state index in [9.17, 15) is 14.7 Å². The number of hydrogen-bond donors (Lipinski definition) is 3. The standard InChI is InChI=1S/C34H71NO11Si2/c1-9-11-21-35(22-12-25-47(37,39-5)40-6)26-30(36)27-43-23-24-45-31-17-13-28(14-18-31)34(3,4)29-15-19-32(20-16-29)46-33(44-10-2)48(38,41-7)42-8/h28-33,36-38H,9-27H2,1-8H3. The second kappa shape index (κ2) is 22.8. The number of nitrogens with zero attached hydrogens (tertiary/aromatic N) is 1. The van der Waals surface area contributed by atoms with E-state index in [2.05, 4.69) is 25.7 Å². The lowest BCUT2D eigenvalue weighted by Crippen LogP contribution is -2.56. The normalized spacial score (nSPS) is 24.2. The Hall–Kier alpha value is -0.0462. The zero-order chi connectivity index (χ0) is 35.6. The van der Waals surface area contributed by atoms with Gasteiger partial charge in [0.15, 0.2) is 0 Å². The van der Waals surface area contributed by atoms with Crippen molar-refractivity contribution in [3.8, 4) is 0 Å². The molecule has 0 saturated heterocycles. The van der Waals surface area contributed by atoms with Gasteiger partial charge >= 0.3 is 17.6 Å². The number of hydrogen-bond acceptors (Lipinski definition) is 12. The van der Waals surface area contributed by atoms with Crippen LogP contribution in [-0.4, -0.2) is 136 Å². The maximum Gasteiger partial charge on any atom is 0.557 e. The molecule has 2 fully saturated rings. The molecule has 0 aromatic heterocycles. The van der Waals surface area contributed by atoms with Crippen molar-refractivity contribution in [2.24, 2.45) is 17.3 Å². The lowest BCUT2D eigenvalue weighted by Gasteiger charge is -2.47. The lowest BCUT2D eigenvalue weighted by molar-refractivity contribution is -0.167. The van der Waals surface area contributed by atoms with Crippen LogP contribution in [0.2, 0.25) is 6.04 Å². The fourth-order valence-corrected chi connectivity index (χ4v) is 9.89. The van der Waals surface area contributed by atoms with Gasteiger partial charge in [-0.1, -0.05) is 27.2 Å². The highest BCUT2D eigenvalue weighted by atomic mass is 28.4. The zero-order valence-corrected chi connectivity index (χ0v) is 33.5. The van der Waals surface area contributed by atoms with Crippen LogP contribution in [0.4, 0.5) is 0 Å². The van der Waals surface area contributed by atoms with Gasteiger partial charge in [0, 0.05) is 47.6 Å². The van der Waals surface area contributed by atoms with Gasteiger partial charge in [0.05, 0.1) is 38.1 Å². The Bertz CT molecular complexity index is 821. The fraction of sp³-hybridized carbons (Fsp3) is 1.00. The zero-order valence-electron chi connectivity index (χ0n) is 31.5. The van der Waals surface area contributed by atoms with E-state index < -0.39 is 29.6 Å². The predicted octanol–water partition coefficient (Wildman–Crippen LogP) is 4.38. The first-order valence-corrected chi connectivity index (χ1v) is 22.2. The molecule has 2 unspecified atom stereocenters. The molecule has 0 spiro atoms. The maximum atomic E-state index is 10.7. The van der Waals surface area contributed by atoms with E-state index in [-0.39, 0.29) is 24.2 Å². The molecule has 12 nitrogen and oxygen atoms in total. The largest absolute Gasteiger partial charge is 0.557 e. The van der Waals surface area contributed by atoms with Gasteiger partial charge in [-0.05, 0) is 101 Å². The highest BCUT2D eigenvalue weighted by Crippen LogP contribution is 2.49. The molecule has 0 aromatic carbocycles. The molecule has 0 aliphatic heterocycles. The van der Waals surface area contributed by atoms with Gasteiger partial charge in [-0.3, -0.25) is 0 Å². The Kier molecular flexibility index (Phi) is 20.9. The Morgan fingerprint density at radius 1 is 0.771 bits per heavy atom. The average Bonchev–Trinajstić information content (AvgIpc) is 3.10. The van der Waals surface area contributed by atoms with E-state index in [1.165, 1.54) is 41.3 Å². The van der Waals surface area contributed by atoms with Crippen LogP contribution < -0.4 is 0 Å². The molecular formula is C34H71NO11Si2.